The Hall–Kier alpha value is -1.22. The van der Waals surface area contributed by atoms with Crippen molar-refractivity contribution in [1.29, 1.82) is 0 Å². The summed E-state index contributed by atoms with van der Waals surface area (Å²) in [5.41, 5.74) is 0.804. The molecule has 1 aromatic carbocycles. The second-order valence-electron chi connectivity index (χ2n) is 4.86. The Morgan fingerprint density at radius 1 is 1.17 bits per heavy atom. The predicted molar refractivity (Wildman–Crippen MR) is 71.0 cm³/mol. The van der Waals surface area contributed by atoms with Gasteiger partial charge in [0, 0.05) is 5.56 Å². The summed E-state index contributed by atoms with van der Waals surface area (Å²) in [6.45, 7) is -0.0146. The Morgan fingerprint density at radius 3 is 2.50 bits per heavy atom. The van der Waals surface area contributed by atoms with Gasteiger partial charge < -0.3 is 14.6 Å². The standard InChI is InChI=1S/C15H22O3/c1-17-14-8-9-15(12(10-14)11-16)18-13-6-4-2-3-5-7-13/h8-10,13,16H,2-7,11H2,1H3. The number of rotatable bonds is 4. The van der Waals surface area contributed by atoms with Gasteiger partial charge in [0.15, 0.2) is 0 Å². The molecule has 2 rings (SSSR count). The van der Waals surface area contributed by atoms with E-state index in [4.69, 9.17) is 9.47 Å². The Labute approximate surface area is 109 Å². The fourth-order valence-electron chi connectivity index (χ4n) is 2.46. The summed E-state index contributed by atoms with van der Waals surface area (Å²) < 4.78 is 11.2. The van der Waals surface area contributed by atoms with E-state index in [0.29, 0.717) is 6.10 Å². The molecule has 1 aromatic rings. The third kappa shape index (κ3) is 3.39. The maximum absolute atomic E-state index is 9.39. The van der Waals surface area contributed by atoms with Crippen molar-refractivity contribution in [3.63, 3.8) is 0 Å². The quantitative estimate of drug-likeness (QED) is 0.833. The number of benzene rings is 1. The van der Waals surface area contributed by atoms with E-state index in [2.05, 4.69) is 0 Å². The summed E-state index contributed by atoms with van der Waals surface area (Å²) in [4.78, 5) is 0. The molecule has 18 heavy (non-hydrogen) atoms. The number of aliphatic hydroxyl groups is 1. The maximum atomic E-state index is 9.39. The summed E-state index contributed by atoms with van der Waals surface area (Å²) in [5.74, 6) is 1.55. The number of hydrogen-bond donors (Lipinski definition) is 1. The van der Waals surface area contributed by atoms with Gasteiger partial charge in [0.2, 0.25) is 0 Å². The average molecular weight is 250 g/mol. The van der Waals surface area contributed by atoms with Crippen LogP contribution in [-0.4, -0.2) is 18.3 Å². The molecule has 0 heterocycles. The smallest absolute Gasteiger partial charge is 0.125 e. The molecule has 0 aliphatic heterocycles. The van der Waals surface area contributed by atoms with Crippen LogP contribution in [0.15, 0.2) is 18.2 Å². The lowest BCUT2D eigenvalue weighted by Gasteiger charge is -2.19. The first-order chi connectivity index (χ1) is 8.83. The lowest BCUT2D eigenvalue weighted by Crippen LogP contribution is -2.16. The summed E-state index contributed by atoms with van der Waals surface area (Å²) in [7, 11) is 1.63. The van der Waals surface area contributed by atoms with Crippen LogP contribution in [0.4, 0.5) is 0 Å². The molecule has 1 saturated carbocycles. The molecule has 0 saturated heterocycles. The van der Waals surface area contributed by atoms with Crippen LogP contribution in [0.1, 0.15) is 44.1 Å². The Morgan fingerprint density at radius 2 is 1.89 bits per heavy atom. The maximum Gasteiger partial charge on any atom is 0.125 e. The highest BCUT2D eigenvalue weighted by molar-refractivity contribution is 5.40. The largest absolute Gasteiger partial charge is 0.497 e. The fourth-order valence-corrected chi connectivity index (χ4v) is 2.46. The lowest BCUT2D eigenvalue weighted by molar-refractivity contribution is 0.176. The van der Waals surface area contributed by atoms with Crippen molar-refractivity contribution < 1.29 is 14.6 Å². The third-order valence-electron chi connectivity index (χ3n) is 3.53. The zero-order valence-corrected chi connectivity index (χ0v) is 11.0. The zero-order chi connectivity index (χ0) is 12.8. The second kappa shape index (κ2) is 6.64. The van der Waals surface area contributed by atoms with Crippen molar-refractivity contribution >= 4 is 0 Å². The number of hydrogen-bond acceptors (Lipinski definition) is 3. The molecule has 1 aliphatic carbocycles. The van der Waals surface area contributed by atoms with Crippen LogP contribution >= 0.6 is 0 Å². The summed E-state index contributed by atoms with van der Waals surface area (Å²) >= 11 is 0. The molecular weight excluding hydrogens is 228 g/mol. The molecule has 0 atom stereocenters. The van der Waals surface area contributed by atoms with Gasteiger partial charge in [-0.15, -0.1) is 0 Å². The van der Waals surface area contributed by atoms with E-state index in [-0.39, 0.29) is 6.61 Å². The molecule has 0 spiro atoms. The molecule has 1 aliphatic rings. The SMILES string of the molecule is COc1ccc(OC2CCCCCC2)c(CO)c1. The number of ether oxygens (including phenoxy) is 2. The zero-order valence-electron chi connectivity index (χ0n) is 11.0. The van der Waals surface area contributed by atoms with Crippen molar-refractivity contribution in [1.82, 2.24) is 0 Å². The summed E-state index contributed by atoms with van der Waals surface area (Å²) in [5, 5.41) is 9.39. The van der Waals surface area contributed by atoms with Crippen LogP contribution in [0.3, 0.4) is 0 Å². The monoisotopic (exact) mass is 250 g/mol. The van der Waals surface area contributed by atoms with Gasteiger partial charge in [-0.3, -0.25) is 0 Å². The molecule has 0 unspecified atom stereocenters. The van der Waals surface area contributed by atoms with Crippen molar-refractivity contribution in [3.05, 3.63) is 23.8 Å². The molecule has 3 nitrogen and oxygen atoms in total. The first-order valence-corrected chi connectivity index (χ1v) is 6.78. The Bertz CT molecular complexity index is 368. The molecule has 1 N–H and O–H groups in total. The first kappa shape index (κ1) is 13.2. The first-order valence-electron chi connectivity index (χ1n) is 6.78. The van der Waals surface area contributed by atoms with Gasteiger partial charge in [0.1, 0.15) is 11.5 Å². The highest BCUT2D eigenvalue weighted by Crippen LogP contribution is 2.28. The normalized spacial score (nSPS) is 17.2. The van der Waals surface area contributed by atoms with Crippen molar-refractivity contribution in [2.24, 2.45) is 0 Å². The lowest BCUT2D eigenvalue weighted by atomic mass is 10.1. The average Bonchev–Trinajstić information content (AvgIpc) is 2.68. The minimum atomic E-state index is -0.0146. The van der Waals surface area contributed by atoms with Gasteiger partial charge in [0.25, 0.3) is 0 Å². The molecule has 0 bridgehead atoms. The van der Waals surface area contributed by atoms with E-state index in [9.17, 15) is 5.11 Å². The molecule has 0 aromatic heterocycles. The van der Waals surface area contributed by atoms with Crippen LogP contribution in [-0.2, 0) is 6.61 Å². The van der Waals surface area contributed by atoms with Gasteiger partial charge in [-0.25, -0.2) is 0 Å². The van der Waals surface area contributed by atoms with E-state index in [0.717, 1.165) is 29.9 Å². The van der Waals surface area contributed by atoms with Gasteiger partial charge >= 0.3 is 0 Å². The topological polar surface area (TPSA) is 38.7 Å². The van der Waals surface area contributed by atoms with Crippen LogP contribution in [0.5, 0.6) is 11.5 Å². The molecule has 1 fully saturated rings. The fraction of sp³-hybridized carbons (Fsp3) is 0.600. The highest BCUT2D eigenvalue weighted by Gasteiger charge is 2.15. The Kier molecular flexibility index (Phi) is 4.88. The van der Waals surface area contributed by atoms with Gasteiger partial charge in [-0.05, 0) is 43.9 Å². The van der Waals surface area contributed by atoms with E-state index in [1.54, 1.807) is 7.11 Å². The summed E-state index contributed by atoms with van der Waals surface area (Å²) in [6.07, 6.45) is 7.66. The molecule has 3 heteroatoms. The molecule has 0 amide bonds. The van der Waals surface area contributed by atoms with Crippen LogP contribution in [0.25, 0.3) is 0 Å². The van der Waals surface area contributed by atoms with Gasteiger partial charge in [0.05, 0.1) is 19.8 Å². The van der Waals surface area contributed by atoms with Crippen LogP contribution in [0, 0.1) is 0 Å². The highest BCUT2D eigenvalue weighted by atomic mass is 16.5. The number of methoxy groups -OCH3 is 1. The van der Waals surface area contributed by atoms with Crippen LogP contribution in [0.2, 0.25) is 0 Å². The van der Waals surface area contributed by atoms with E-state index >= 15 is 0 Å². The Balaban J connectivity index is 2.07. The van der Waals surface area contributed by atoms with E-state index in [1.807, 2.05) is 18.2 Å². The minimum absolute atomic E-state index is 0.0146. The van der Waals surface area contributed by atoms with Crippen molar-refractivity contribution in [2.45, 2.75) is 51.2 Å². The molecule has 100 valence electrons. The van der Waals surface area contributed by atoms with E-state index < -0.39 is 0 Å². The predicted octanol–water partition coefficient (Wildman–Crippen LogP) is 3.29. The third-order valence-corrected chi connectivity index (χ3v) is 3.53. The van der Waals surface area contributed by atoms with Gasteiger partial charge in [-0.2, -0.15) is 0 Å². The minimum Gasteiger partial charge on any atom is -0.497 e. The number of aliphatic hydroxyl groups excluding tert-OH is 1. The van der Waals surface area contributed by atoms with Crippen molar-refractivity contribution in [3.8, 4) is 11.5 Å². The summed E-state index contributed by atoms with van der Waals surface area (Å²) in [6, 6.07) is 5.62. The van der Waals surface area contributed by atoms with Crippen molar-refractivity contribution in [2.75, 3.05) is 7.11 Å². The molecule has 0 radical (unpaired) electrons. The second-order valence-corrected chi connectivity index (χ2v) is 4.86. The molecular formula is C15H22O3. The van der Waals surface area contributed by atoms with Gasteiger partial charge in [-0.1, -0.05) is 12.8 Å². The van der Waals surface area contributed by atoms with E-state index in [1.165, 1.54) is 25.7 Å². The van der Waals surface area contributed by atoms with Crippen LogP contribution < -0.4 is 9.47 Å².